The van der Waals surface area contributed by atoms with Crippen LogP contribution in [0, 0.1) is 0 Å². The summed E-state index contributed by atoms with van der Waals surface area (Å²) < 4.78 is 3.61. The fraction of sp³-hybridized carbons (Fsp3) is 0.182. The zero-order valence-corrected chi connectivity index (χ0v) is 15.7. The molecular weight excluding hydrogens is 350 g/mol. The van der Waals surface area contributed by atoms with Crippen LogP contribution >= 0.6 is 0 Å². The minimum Gasteiger partial charge on any atom is -0.296 e. The molecule has 6 nitrogen and oxygen atoms in total. The second-order valence-electron chi connectivity index (χ2n) is 6.97. The predicted molar refractivity (Wildman–Crippen MR) is 111 cm³/mol. The minimum atomic E-state index is -0.0800. The summed E-state index contributed by atoms with van der Waals surface area (Å²) in [6.45, 7) is 4.08. The average molecular weight is 369 g/mol. The number of hydrogen-bond acceptors (Lipinski definition) is 4. The van der Waals surface area contributed by atoms with Crippen LogP contribution in [-0.4, -0.2) is 24.1 Å². The first-order valence-electron chi connectivity index (χ1n) is 9.42. The molecule has 5 rings (SSSR count). The van der Waals surface area contributed by atoms with Crippen molar-refractivity contribution in [3.05, 3.63) is 71.3 Å². The lowest BCUT2D eigenvalue weighted by Crippen LogP contribution is -2.23. The largest absolute Gasteiger partial charge is 0.296 e. The normalized spacial score (nSPS) is 12.8. The van der Waals surface area contributed by atoms with Gasteiger partial charge in [-0.15, -0.1) is 0 Å². The zero-order chi connectivity index (χ0) is 19.3. The van der Waals surface area contributed by atoms with Crippen molar-refractivity contribution in [2.75, 3.05) is 0 Å². The van der Waals surface area contributed by atoms with Gasteiger partial charge in [-0.1, -0.05) is 37.3 Å². The molecular formula is C22H19N5O. The summed E-state index contributed by atoms with van der Waals surface area (Å²) in [6.07, 6.45) is 2.48. The molecule has 0 radical (unpaired) electrons. The molecule has 2 aromatic carbocycles. The molecule has 3 heterocycles. The van der Waals surface area contributed by atoms with E-state index in [9.17, 15) is 4.79 Å². The highest BCUT2D eigenvalue weighted by Gasteiger charge is 2.21. The van der Waals surface area contributed by atoms with Gasteiger partial charge in [-0.3, -0.25) is 13.9 Å². The van der Waals surface area contributed by atoms with E-state index in [0.717, 1.165) is 23.1 Å². The van der Waals surface area contributed by atoms with Crippen LogP contribution in [0.5, 0.6) is 0 Å². The Bertz CT molecular complexity index is 1380. The number of para-hydroxylation sites is 3. The summed E-state index contributed by atoms with van der Waals surface area (Å²) in [5.41, 5.74) is 4.20. The fourth-order valence-electron chi connectivity index (χ4n) is 3.58. The zero-order valence-electron chi connectivity index (χ0n) is 15.7. The van der Waals surface area contributed by atoms with Gasteiger partial charge in [0.05, 0.1) is 11.0 Å². The van der Waals surface area contributed by atoms with E-state index in [1.807, 2.05) is 66.1 Å². The van der Waals surface area contributed by atoms with Crippen LogP contribution in [0.3, 0.4) is 0 Å². The van der Waals surface area contributed by atoms with Crippen LogP contribution in [0.2, 0.25) is 0 Å². The molecule has 28 heavy (non-hydrogen) atoms. The summed E-state index contributed by atoms with van der Waals surface area (Å²) in [4.78, 5) is 27.7. The molecule has 138 valence electrons. The Labute approximate surface area is 161 Å². The highest BCUT2D eigenvalue weighted by Crippen LogP contribution is 2.28. The van der Waals surface area contributed by atoms with E-state index in [0.29, 0.717) is 22.2 Å². The SMILES string of the molecule is CC[C@H](C)n1cnc2c(c1=O)c1nc3ccccc3nc1n2-c1ccccc1. The van der Waals surface area contributed by atoms with Crippen LogP contribution < -0.4 is 5.56 Å². The molecule has 3 aromatic heterocycles. The topological polar surface area (TPSA) is 65.6 Å². The molecule has 6 heteroatoms. The monoisotopic (exact) mass is 369 g/mol. The maximum Gasteiger partial charge on any atom is 0.265 e. The van der Waals surface area contributed by atoms with Crippen LogP contribution in [-0.2, 0) is 0 Å². The third kappa shape index (κ3) is 2.34. The van der Waals surface area contributed by atoms with E-state index in [1.54, 1.807) is 10.9 Å². The lowest BCUT2D eigenvalue weighted by Gasteiger charge is -2.12. The van der Waals surface area contributed by atoms with Crippen molar-refractivity contribution in [1.29, 1.82) is 0 Å². The van der Waals surface area contributed by atoms with Crippen molar-refractivity contribution in [3.63, 3.8) is 0 Å². The number of nitrogens with zero attached hydrogens (tertiary/aromatic N) is 5. The number of rotatable bonds is 3. The molecule has 0 saturated heterocycles. The minimum absolute atomic E-state index is 0.0629. The van der Waals surface area contributed by atoms with Crippen molar-refractivity contribution in [2.24, 2.45) is 0 Å². The van der Waals surface area contributed by atoms with Gasteiger partial charge < -0.3 is 0 Å². The first kappa shape index (κ1) is 16.6. The number of hydrogen-bond donors (Lipinski definition) is 0. The molecule has 0 spiro atoms. The van der Waals surface area contributed by atoms with E-state index in [-0.39, 0.29) is 11.6 Å². The molecule has 0 aliphatic heterocycles. The van der Waals surface area contributed by atoms with Crippen molar-refractivity contribution in [2.45, 2.75) is 26.3 Å². The second-order valence-corrected chi connectivity index (χ2v) is 6.97. The van der Waals surface area contributed by atoms with Crippen LogP contribution in [0.1, 0.15) is 26.3 Å². The Hall–Kier alpha value is -3.54. The molecule has 0 saturated carbocycles. The van der Waals surface area contributed by atoms with Crippen LogP contribution in [0.4, 0.5) is 0 Å². The van der Waals surface area contributed by atoms with Crippen LogP contribution in [0.25, 0.3) is 38.9 Å². The van der Waals surface area contributed by atoms with Gasteiger partial charge in [0.15, 0.2) is 11.3 Å². The quantitative estimate of drug-likeness (QED) is 0.477. The van der Waals surface area contributed by atoms with Crippen molar-refractivity contribution >= 4 is 33.2 Å². The van der Waals surface area contributed by atoms with Gasteiger partial charge in [-0.2, -0.15) is 0 Å². The fourth-order valence-corrected chi connectivity index (χ4v) is 3.58. The van der Waals surface area contributed by atoms with Gasteiger partial charge in [0.25, 0.3) is 5.56 Å². The standard InChI is InChI=1S/C22H19N5O/c1-3-14(2)26-13-23-20-18(22(26)28)19-21(27(20)15-9-5-4-6-10-15)25-17-12-8-7-11-16(17)24-19/h4-14H,3H2,1-2H3/t14-/m0/s1. The van der Waals surface area contributed by atoms with E-state index < -0.39 is 0 Å². The van der Waals surface area contributed by atoms with E-state index >= 15 is 0 Å². The molecule has 5 aromatic rings. The smallest absolute Gasteiger partial charge is 0.265 e. The Morgan fingerprint density at radius 1 is 0.929 bits per heavy atom. The molecule has 0 aliphatic carbocycles. The molecule has 0 aliphatic rings. The summed E-state index contributed by atoms with van der Waals surface area (Å²) in [5.74, 6) is 0. The lowest BCUT2D eigenvalue weighted by molar-refractivity contribution is 0.510. The maximum atomic E-state index is 13.4. The van der Waals surface area contributed by atoms with Crippen molar-refractivity contribution in [1.82, 2.24) is 24.1 Å². The van der Waals surface area contributed by atoms with Gasteiger partial charge in [0, 0.05) is 11.7 Å². The number of aromatic nitrogens is 5. The molecule has 1 atom stereocenters. The predicted octanol–water partition coefficient (Wildman–Crippen LogP) is 4.25. The van der Waals surface area contributed by atoms with Crippen molar-refractivity contribution < 1.29 is 0 Å². The highest BCUT2D eigenvalue weighted by molar-refractivity contribution is 6.05. The Kier molecular flexibility index (Phi) is 3.72. The Balaban J connectivity index is 2.00. The van der Waals surface area contributed by atoms with Gasteiger partial charge in [-0.05, 0) is 37.6 Å². The molecule has 0 bridgehead atoms. The third-order valence-electron chi connectivity index (χ3n) is 5.27. The number of benzene rings is 2. The Morgan fingerprint density at radius 3 is 2.32 bits per heavy atom. The van der Waals surface area contributed by atoms with E-state index in [4.69, 9.17) is 9.97 Å². The van der Waals surface area contributed by atoms with E-state index in [1.165, 1.54) is 0 Å². The first-order chi connectivity index (χ1) is 13.7. The summed E-state index contributed by atoms with van der Waals surface area (Å²) >= 11 is 0. The van der Waals surface area contributed by atoms with Gasteiger partial charge in [0.1, 0.15) is 17.2 Å². The molecule has 0 fully saturated rings. The Morgan fingerprint density at radius 2 is 1.61 bits per heavy atom. The van der Waals surface area contributed by atoms with Gasteiger partial charge >= 0.3 is 0 Å². The third-order valence-corrected chi connectivity index (χ3v) is 5.27. The summed E-state index contributed by atoms with van der Waals surface area (Å²) in [6, 6.07) is 17.6. The van der Waals surface area contributed by atoms with Crippen molar-refractivity contribution in [3.8, 4) is 5.69 Å². The highest BCUT2D eigenvalue weighted by atomic mass is 16.1. The van der Waals surface area contributed by atoms with Gasteiger partial charge in [-0.25, -0.2) is 15.0 Å². The van der Waals surface area contributed by atoms with Gasteiger partial charge in [0.2, 0.25) is 0 Å². The van der Waals surface area contributed by atoms with E-state index in [2.05, 4.69) is 11.9 Å². The molecule has 0 N–H and O–H groups in total. The number of fused-ring (bicyclic) bond motifs is 4. The molecule has 0 amide bonds. The van der Waals surface area contributed by atoms with Crippen LogP contribution in [0.15, 0.2) is 65.7 Å². The first-order valence-corrected chi connectivity index (χ1v) is 9.42. The summed E-state index contributed by atoms with van der Waals surface area (Å²) in [5, 5.41) is 0.514. The summed E-state index contributed by atoms with van der Waals surface area (Å²) in [7, 11) is 0. The molecule has 0 unspecified atom stereocenters. The second kappa shape index (κ2) is 6.27. The average Bonchev–Trinajstić information content (AvgIpc) is 3.06. The lowest BCUT2D eigenvalue weighted by atomic mass is 10.2. The maximum absolute atomic E-state index is 13.4.